The van der Waals surface area contributed by atoms with Crippen LogP contribution in [-0.2, 0) is 0 Å². The van der Waals surface area contributed by atoms with Gasteiger partial charge in [-0.3, -0.25) is 0 Å². The van der Waals surface area contributed by atoms with Crippen LogP contribution in [-0.4, -0.2) is 29.8 Å². The average molecular weight is 206 g/mol. The van der Waals surface area contributed by atoms with E-state index in [-0.39, 0.29) is 0 Å². The van der Waals surface area contributed by atoms with Crippen LogP contribution in [0.25, 0.3) is 0 Å². The molecule has 0 spiro atoms. The standard InChI is InChI=1S/C12H18N2O/c1-10-2-5-13-12(8-10)14-6-3-11(9-14)4-7-15/h2,5,8,11,15H,3-4,6-7,9H2,1H3. The maximum Gasteiger partial charge on any atom is 0.128 e. The zero-order chi connectivity index (χ0) is 10.7. The first-order valence-electron chi connectivity index (χ1n) is 5.58. The molecule has 0 aromatic carbocycles. The first kappa shape index (κ1) is 10.4. The Hall–Kier alpha value is -1.09. The van der Waals surface area contributed by atoms with Crippen molar-refractivity contribution in [1.82, 2.24) is 4.98 Å². The number of anilines is 1. The van der Waals surface area contributed by atoms with E-state index in [1.807, 2.05) is 12.3 Å². The van der Waals surface area contributed by atoms with E-state index in [9.17, 15) is 0 Å². The lowest BCUT2D eigenvalue weighted by Gasteiger charge is -2.17. The van der Waals surface area contributed by atoms with Crippen molar-refractivity contribution in [2.75, 3.05) is 24.6 Å². The summed E-state index contributed by atoms with van der Waals surface area (Å²) in [6.07, 6.45) is 3.96. The Balaban J connectivity index is 2.01. The molecular formula is C12H18N2O. The van der Waals surface area contributed by atoms with E-state index in [1.165, 1.54) is 12.0 Å². The van der Waals surface area contributed by atoms with Gasteiger partial charge in [0.15, 0.2) is 0 Å². The molecule has 0 aliphatic carbocycles. The number of hydrogen-bond acceptors (Lipinski definition) is 3. The maximum absolute atomic E-state index is 8.89. The molecule has 1 N–H and O–H groups in total. The summed E-state index contributed by atoms with van der Waals surface area (Å²) in [6, 6.07) is 4.14. The van der Waals surface area contributed by atoms with Gasteiger partial charge in [-0.05, 0) is 43.4 Å². The first-order valence-corrected chi connectivity index (χ1v) is 5.58. The topological polar surface area (TPSA) is 36.4 Å². The molecule has 0 amide bonds. The van der Waals surface area contributed by atoms with Crippen LogP contribution in [0, 0.1) is 12.8 Å². The van der Waals surface area contributed by atoms with Gasteiger partial charge in [0.25, 0.3) is 0 Å². The van der Waals surface area contributed by atoms with Crippen molar-refractivity contribution in [1.29, 1.82) is 0 Å². The zero-order valence-electron chi connectivity index (χ0n) is 9.19. The second-order valence-electron chi connectivity index (χ2n) is 4.30. The van der Waals surface area contributed by atoms with E-state index in [2.05, 4.69) is 22.9 Å². The normalized spacial score (nSPS) is 20.9. The van der Waals surface area contributed by atoms with Gasteiger partial charge in [-0.1, -0.05) is 0 Å². The highest BCUT2D eigenvalue weighted by Crippen LogP contribution is 2.24. The van der Waals surface area contributed by atoms with E-state index in [0.29, 0.717) is 12.5 Å². The van der Waals surface area contributed by atoms with Crippen LogP contribution >= 0.6 is 0 Å². The number of aliphatic hydroxyl groups is 1. The van der Waals surface area contributed by atoms with Gasteiger partial charge in [0.05, 0.1) is 0 Å². The fraction of sp³-hybridized carbons (Fsp3) is 0.583. The Morgan fingerprint density at radius 2 is 2.47 bits per heavy atom. The minimum atomic E-state index is 0.305. The van der Waals surface area contributed by atoms with Crippen molar-refractivity contribution < 1.29 is 5.11 Å². The van der Waals surface area contributed by atoms with Gasteiger partial charge in [-0.2, -0.15) is 0 Å². The van der Waals surface area contributed by atoms with Gasteiger partial charge in [0.1, 0.15) is 5.82 Å². The second-order valence-corrected chi connectivity index (χ2v) is 4.30. The molecule has 1 aliphatic rings. The van der Waals surface area contributed by atoms with Crippen molar-refractivity contribution in [3.8, 4) is 0 Å². The van der Waals surface area contributed by atoms with Crippen molar-refractivity contribution >= 4 is 5.82 Å². The molecule has 1 fully saturated rings. The number of pyridine rings is 1. The largest absolute Gasteiger partial charge is 0.396 e. The van der Waals surface area contributed by atoms with Crippen LogP contribution in [0.1, 0.15) is 18.4 Å². The quantitative estimate of drug-likeness (QED) is 0.816. The molecule has 15 heavy (non-hydrogen) atoms. The molecule has 0 radical (unpaired) electrons. The highest BCUT2D eigenvalue weighted by molar-refractivity contribution is 5.41. The first-order chi connectivity index (χ1) is 7.29. The Kier molecular flexibility index (Phi) is 3.21. The van der Waals surface area contributed by atoms with Crippen LogP contribution in [0.3, 0.4) is 0 Å². The number of rotatable bonds is 3. The molecule has 1 aromatic heterocycles. The summed E-state index contributed by atoms with van der Waals surface area (Å²) in [4.78, 5) is 6.69. The van der Waals surface area contributed by atoms with E-state index >= 15 is 0 Å². The highest BCUT2D eigenvalue weighted by Gasteiger charge is 2.22. The summed E-state index contributed by atoms with van der Waals surface area (Å²) in [5, 5.41) is 8.89. The smallest absolute Gasteiger partial charge is 0.128 e. The lowest BCUT2D eigenvalue weighted by Crippen LogP contribution is -2.21. The van der Waals surface area contributed by atoms with Crippen molar-refractivity contribution in [2.45, 2.75) is 19.8 Å². The van der Waals surface area contributed by atoms with Gasteiger partial charge in [0, 0.05) is 25.9 Å². The molecule has 3 nitrogen and oxygen atoms in total. The highest BCUT2D eigenvalue weighted by atomic mass is 16.3. The molecule has 1 saturated heterocycles. The molecule has 82 valence electrons. The fourth-order valence-corrected chi connectivity index (χ4v) is 2.15. The van der Waals surface area contributed by atoms with E-state index in [0.717, 1.165) is 25.3 Å². The van der Waals surface area contributed by atoms with Crippen molar-refractivity contribution in [2.24, 2.45) is 5.92 Å². The Morgan fingerprint density at radius 3 is 3.20 bits per heavy atom. The van der Waals surface area contributed by atoms with Gasteiger partial charge >= 0.3 is 0 Å². The lowest BCUT2D eigenvalue weighted by molar-refractivity contribution is 0.263. The molecule has 0 saturated carbocycles. The van der Waals surface area contributed by atoms with Crippen molar-refractivity contribution in [3.05, 3.63) is 23.9 Å². The van der Waals surface area contributed by atoms with Gasteiger partial charge in [0.2, 0.25) is 0 Å². The molecule has 1 atom stereocenters. The molecule has 1 unspecified atom stereocenters. The van der Waals surface area contributed by atoms with Gasteiger partial charge < -0.3 is 10.0 Å². The summed E-state index contributed by atoms with van der Waals surface area (Å²) >= 11 is 0. The monoisotopic (exact) mass is 206 g/mol. The van der Waals surface area contributed by atoms with Crippen LogP contribution in [0.2, 0.25) is 0 Å². The third kappa shape index (κ3) is 2.48. The summed E-state index contributed by atoms with van der Waals surface area (Å²) in [7, 11) is 0. The summed E-state index contributed by atoms with van der Waals surface area (Å²) in [5.74, 6) is 1.72. The molecule has 1 aliphatic heterocycles. The molecule has 1 aromatic rings. The maximum atomic E-state index is 8.89. The summed E-state index contributed by atoms with van der Waals surface area (Å²) < 4.78 is 0. The second kappa shape index (κ2) is 4.62. The zero-order valence-corrected chi connectivity index (χ0v) is 9.19. The third-order valence-corrected chi connectivity index (χ3v) is 3.05. The summed E-state index contributed by atoms with van der Waals surface area (Å²) in [5.41, 5.74) is 1.26. The number of aryl methyl sites for hydroxylation is 1. The van der Waals surface area contributed by atoms with E-state index < -0.39 is 0 Å². The van der Waals surface area contributed by atoms with Crippen LogP contribution in [0.4, 0.5) is 5.82 Å². The Labute approximate surface area is 90.8 Å². The van der Waals surface area contributed by atoms with Crippen LogP contribution in [0.15, 0.2) is 18.3 Å². The number of hydrogen-bond donors (Lipinski definition) is 1. The van der Waals surface area contributed by atoms with Crippen LogP contribution in [0.5, 0.6) is 0 Å². The predicted molar refractivity (Wildman–Crippen MR) is 61.0 cm³/mol. The lowest BCUT2D eigenvalue weighted by atomic mass is 10.1. The van der Waals surface area contributed by atoms with Crippen molar-refractivity contribution in [3.63, 3.8) is 0 Å². The average Bonchev–Trinajstić information content (AvgIpc) is 2.67. The number of nitrogens with zero attached hydrogens (tertiary/aromatic N) is 2. The van der Waals surface area contributed by atoms with E-state index in [1.54, 1.807) is 0 Å². The van der Waals surface area contributed by atoms with Crippen LogP contribution < -0.4 is 4.90 Å². The summed E-state index contributed by atoms with van der Waals surface area (Å²) in [6.45, 7) is 4.50. The molecule has 0 bridgehead atoms. The van der Waals surface area contributed by atoms with Gasteiger partial charge in [-0.25, -0.2) is 4.98 Å². The Morgan fingerprint density at radius 1 is 1.60 bits per heavy atom. The van der Waals surface area contributed by atoms with Gasteiger partial charge in [-0.15, -0.1) is 0 Å². The molecule has 3 heteroatoms. The molecular weight excluding hydrogens is 188 g/mol. The van der Waals surface area contributed by atoms with E-state index in [4.69, 9.17) is 5.11 Å². The Bertz CT molecular complexity index is 327. The minimum absolute atomic E-state index is 0.305. The molecule has 2 rings (SSSR count). The number of aliphatic hydroxyl groups excluding tert-OH is 1. The SMILES string of the molecule is Cc1ccnc(N2CCC(CCO)C2)c1. The number of aromatic nitrogens is 1. The fourth-order valence-electron chi connectivity index (χ4n) is 2.15. The third-order valence-electron chi connectivity index (χ3n) is 3.05. The molecule has 2 heterocycles. The predicted octanol–water partition coefficient (Wildman–Crippen LogP) is 1.60. The minimum Gasteiger partial charge on any atom is -0.396 e.